The smallest absolute Gasteiger partial charge is 0.317 e. The fourth-order valence-corrected chi connectivity index (χ4v) is 3.86. The van der Waals surface area contributed by atoms with Gasteiger partial charge in [-0.25, -0.2) is 4.79 Å². The summed E-state index contributed by atoms with van der Waals surface area (Å²) in [5, 5.41) is 7.27. The second-order valence-corrected chi connectivity index (χ2v) is 8.70. The van der Waals surface area contributed by atoms with Gasteiger partial charge in [-0.15, -0.1) is 0 Å². The van der Waals surface area contributed by atoms with Gasteiger partial charge in [-0.1, -0.05) is 24.4 Å². The van der Waals surface area contributed by atoms with Crippen molar-refractivity contribution in [3.8, 4) is 0 Å². The fourth-order valence-electron chi connectivity index (χ4n) is 3.86. The minimum absolute atomic E-state index is 0.0447. The van der Waals surface area contributed by atoms with Gasteiger partial charge in [0.1, 0.15) is 0 Å². The van der Waals surface area contributed by atoms with Crippen molar-refractivity contribution in [1.82, 2.24) is 20.4 Å². The summed E-state index contributed by atoms with van der Waals surface area (Å²) in [5.74, 6) is 2.71. The monoisotopic (exact) mass is 348 g/mol. The van der Waals surface area contributed by atoms with E-state index in [2.05, 4.69) is 15.5 Å². The molecule has 0 unspecified atom stereocenters. The van der Waals surface area contributed by atoms with Crippen LogP contribution >= 0.6 is 0 Å². The number of urea groups is 1. The molecule has 1 saturated carbocycles. The summed E-state index contributed by atoms with van der Waals surface area (Å²) in [4.78, 5) is 18.8. The molecule has 2 fully saturated rings. The number of amides is 2. The first-order valence-electron chi connectivity index (χ1n) is 9.80. The highest BCUT2D eigenvalue weighted by Gasteiger charge is 2.27. The Morgan fingerprint density at radius 2 is 1.84 bits per heavy atom. The molecule has 1 saturated heterocycles. The van der Waals surface area contributed by atoms with Crippen LogP contribution in [0.4, 0.5) is 4.79 Å². The van der Waals surface area contributed by atoms with E-state index in [1.54, 1.807) is 0 Å². The van der Waals surface area contributed by atoms with Gasteiger partial charge in [-0.3, -0.25) is 0 Å². The molecule has 0 aromatic carbocycles. The Morgan fingerprint density at radius 1 is 1.16 bits per heavy atom. The van der Waals surface area contributed by atoms with Crippen LogP contribution in [0.5, 0.6) is 0 Å². The Morgan fingerprint density at radius 3 is 2.48 bits per heavy atom. The molecule has 140 valence electrons. The maximum absolute atomic E-state index is 12.2. The minimum atomic E-state index is -0.187. The lowest BCUT2D eigenvalue weighted by Gasteiger charge is -2.33. The molecule has 3 rings (SSSR count). The van der Waals surface area contributed by atoms with E-state index >= 15 is 0 Å². The fraction of sp³-hybridized carbons (Fsp3) is 0.842. The Balaban J connectivity index is 1.46. The Hall–Kier alpha value is -1.59. The molecule has 6 heteroatoms. The molecule has 2 aliphatic rings. The quantitative estimate of drug-likeness (QED) is 0.900. The third-order valence-electron chi connectivity index (χ3n) is 5.30. The van der Waals surface area contributed by atoms with E-state index in [1.807, 2.05) is 25.7 Å². The second kappa shape index (κ2) is 7.75. The molecule has 1 aliphatic carbocycles. The maximum Gasteiger partial charge on any atom is 0.317 e. The first-order valence-corrected chi connectivity index (χ1v) is 9.80. The van der Waals surface area contributed by atoms with Crippen molar-refractivity contribution in [3.05, 3.63) is 11.7 Å². The van der Waals surface area contributed by atoms with Gasteiger partial charge >= 0.3 is 6.03 Å². The minimum Gasteiger partial charge on any atom is -0.339 e. The number of carbonyl (C=O) groups is 1. The van der Waals surface area contributed by atoms with E-state index in [9.17, 15) is 4.79 Å². The zero-order chi connectivity index (χ0) is 17.9. The first kappa shape index (κ1) is 18.2. The number of likely N-dealkylation sites (tertiary alicyclic amines) is 1. The average molecular weight is 348 g/mol. The highest BCUT2D eigenvalue weighted by molar-refractivity contribution is 5.75. The molecule has 25 heavy (non-hydrogen) atoms. The van der Waals surface area contributed by atoms with Crippen molar-refractivity contribution in [1.29, 1.82) is 0 Å². The van der Waals surface area contributed by atoms with Crippen LogP contribution in [0.2, 0.25) is 0 Å². The van der Waals surface area contributed by atoms with Crippen LogP contribution < -0.4 is 5.32 Å². The van der Waals surface area contributed by atoms with Crippen molar-refractivity contribution >= 4 is 6.03 Å². The molecule has 1 aromatic rings. The van der Waals surface area contributed by atoms with Gasteiger partial charge in [0.2, 0.25) is 5.89 Å². The zero-order valence-corrected chi connectivity index (χ0v) is 15.9. The summed E-state index contributed by atoms with van der Waals surface area (Å²) < 4.78 is 5.51. The van der Waals surface area contributed by atoms with Crippen molar-refractivity contribution in [2.45, 2.75) is 83.6 Å². The second-order valence-electron chi connectivity index (χ2n) is 8.70. The molecule has 2 amide bonds. The van der Waals surface area contributed by atoms with Crippen molar-refractivity contribution in [2.75, 3.05) is 13.1 Å². The molecular weight excluding hydrogens is 316 g/mol. The van der Waals surface area contributed by atoms with Gasteiger partial charge in [0.05, 0.1) is 0 Å². The lowest BCUT2D eigenvalue weighted by atomic mass is 9.89. The van der Waals surface area contributed by atoms with Crippen LogP contribution in [-0.2, 0) is 6.42 Å². The predicted molar refractivity (Wildman–Crippen MR) is 96.4 cm³/mol. The van der Waals surface area contributed by atoms with E-state index < -0.39 is 0 Å². The Kier molecular flexibility index (Phi) is 5.64. The SMILES string of the molecule is CC(C)(C)NC(=O)N1CCC(Cc2nc(C3CCCCC3)no2)CC1. The van der Waals surface area contributed by atoms with Crippen LogP contribution in [-0.4, -0.2) is 39.7 Å². The van der Waals surface area contributed by atoms with E-state index in [1.165, 1.54) is 32.1 Å². The number of nitrogens with zero attached hydrogens (tertiary/aromatic N) is 3. The molecule has 2 heterocycles. The number of carbonyl (C=O) groups excluding carboxylic acids is 1. The molecule has 1 aromatic heterocycles. The van der Waals surface area contributed by atoms with Crippen molar-refractivity contribution in [2.24, 2.45) is 5.92 Å². The van der Waals surface area contributed by atoms with Crippen LogP contribution in [0.3, 0.4) is 0 Å². The molecular formula is C19H32N4O2. The Bertz CT molecular complexity index is 564. The van der Waals surface area contributed by atoms with Crippen molar-refractivity contribution in [3.63, 3.8) is 0 Å². The molecule has 0 bridgehead atoms. The molecule has 1 N–H and O–H groups in total. The van der Waals surface area contributed by atoms with E-state index in [-0.39, 0.29) is 11.6 Å². The van der Waals surface area contributed by atoms with E-state index in [4.69, 9.17) is 4.52 Å². The van der Waals surface area contributed by atoms with Gasteiger partial charge < -0.3 is 14.7 Å². The van der Waals surface area contributed by atoms with Crippen LogP contribution in [0.15, 0.2) is 4.52 Å². The zero-order valence-electron chi connectivity index (χ0n) is 15.9. The summed E-state index contributed by atoms with van der Waals surface area (Å²) in [6.07, 6.45) is 9.13. The highest BCUT2D eigenvalue weighted by Crippen LogP contribution is 2.31. The number of nitrogens with one attached hydrogen (secondary N) is 1. The molecule has 0 radical (unpaired) electrons. The molecule has 6 nitrogen and oxygen atoms in total. The third kappa shape index (κ3) is 5.19. The van der Waals surface area contributed by atoms with Crippen LogP contribution in [0.1, 0.15) is 83.3 Å². The van der Waals surface area contributed by atoms with Gasteiger partial charge in [-0.2, -0.15) is 4.98 Å². The standard InChI is InChI=1S/C19H32N4O2/c1-19(2,3)21-18(24)23-11-9-14(10-12-23)13-16-20-17(22-25-16)15-7-5-4-6-8-15/h14-15H,4-13H2,1-3H3,(H,21,24). The van der Waals surface area contributed by atoms with Crippen LogP contribution in [0, 0.1) is 5.92 Å². The van der Waals surface area contributed by atoms with Gasteiger partial charge in [0.25, 0.3) is 0 Å². The van der Waals surface area contributed by atoms with E-state index in [0.717, 1.165) is 44.1 Å². The van der Waals surface area contributed by atoms with Gasteiger partial charge in [0.15, 0.2) is 5.82 Å². The number of aromatic nitrogens is 2. The Labute approximate surface area is 150 Å². The molecule has 1 aliphatic heterocycles. The number of hydrogen-bond acceptors (Lipinski definition) is 4. The average Bonchev–Trinajstić information content (AvgIpc) is 3.03. The van der Waals surface area contributed by atoms with Gasteiger partial charge in [0, 0.05) is 31.0 Å². The third-order valence-corrected chi connectivity index (χ3v) is 5.30. The van der Waals surface area contributed by atoms with Gasteiger partial charge in [-0.05, 0) is 52.4 Å². The molecule has 0 spiro atoms. The van der Waals surface area contributed by atoms with E-state index in [0.29, 0.717) is 11.8 Å². The van der Waals surface area contributed by atoms with Crippen LogP contribution in [0.25, 0.3) is 0 Å². The predicted octanol–water partition coefficient (Wildman–Crippen LogP) is 3.88. The number of piperidine rings is 1. The summed E-state index contributed by atoms with van der Waals surface area (Å²) in [7, 11) is 0. The van der Waals surface area contributed by atoms with Crippen molar-refractivity contribution < 1.29 is 9.32 Å². The first-order chi connectivity index (χ1) is 11.9. The summed E-state index contributed by atoms with van der Waals surface area (Å²) in [6.45, 7) is 7.64. The number of rotatable bonds is 3. The maximum atomic E-state index is 12.2. The number of hydrogen-bond donors (Lipinski definition) is 1. The summed E-state index contributed by atoms with van der Waals surface area (Å²) >= 11 is 0. The topological polar surface area (TPSA) is 71.3 Å². The summed E-state index contributed by atoms with van der Waals surface area (Å²) in [6, 6.07) is 0.0447. The lowest BCUT2D eigenvalue weighted by molar-refractivity contribution is 0.160. The largest absolute Gasteiger partial charge is 0.339 e. The molecule has 0 atom stereocenters. The summed E-state index contributed by atoms with van der Waals surface area (Å²) in [5.41, 5.74) is -0.187. The normalized spacial score (nSPS) is 20.7. The lowest BCUT2D eigenvalue weighted by Crippen LogP contribution is -2.50. The highest BCUT2D eigenvalue weighted by atomic mass is 16.5.